The van der Waals surface area contributed by atoms with E-state index < -0.39 is 10.0 Å². The lowest BCUT2D eigenvalue weighted by Gasteiger charge is -2.29. The molecule has 146 valence electrons. The van der Waals surface area contributed by atoms with Gasteiger partial charge in [0.25, 0.3) is 5.91 Å². The average molecular weight is 402 g/mol. The third-order valence-electron chi connectivity index (χ3n) is 5.31. The monoisotopic (exact) mass is 401 g/mol. The van der Waals surface area contributed by atoms with Crippen LogP contribution < -0.4 is 10.6 Å². The van der Waals surface area contributed by atoms with E-state index in [1.807, 2.05) is 13.8 Å². The first-order chi connectivity index (χ1) is 11.8. The lowest BCUT2D eigenvalue weighted by Crippen LogP contribution is -2.48. The van der Waals surface area contributed by atoms with Gasteiger partial charge in [-0.05, 0) is 57.7 Å². The number of hydrogen-bond donors (Lipinski definition) is 2. The Hall–Kier alpha value is -1.15. The Kier molecular flexibility index (Phi) is 6.71. The Bertz CT molecular complexity index is 742. The molecule has 2 saturated heterocycles. The number of benzene rings is 1. The Morgan fingerprint density at radius 3 is 2.42 bits per heavy atom. The Balaban J connectivity index is 0.00000243. The molecule has 0 aromatic heterocycles. The molecule has 2 N–H and O–H groups in total. The van der Waals surface area contributed by atoms with Crippen LogP contribution in [0.3, 0.4) is 0 Å². The summed E-state index contributed by atoms with van der Waals surface area (Å²) in [4.78, 5) is 12.7. The largest absolute Gasteiger partial charge is 0.349 e. The summed E-state index contributed by atoms with van der Waals surface area (Å²) in [5.74, 6) is -0.199. The summed E-state index contributed by atoms with van der Waals surface area (Å²) in [7, 11) is -2.04. The van der Waals surface area contributed by atoms with Crippen molar-refractivity contribution in [3.63, 3.8) is 0 Å². The van der Waals surface area contributed by atoms with Gasteiger partial charge in [-0.25, -0.2) is 8.42 Å². The van der Waals surface area contributed by atoms with Crippen molar-refractivity contribution in [2.45, 2.75) is 68.6 Å². The van der Waals surface area contributed by atoms with Crippen LogP contribution in [-0.4, -0.2) is 49.8 Å². The molecule has 1 aromatic carbocycles. The van der Waals surface area contributed by atoms with Crippen LogP contribution >= 0.6 is 12.4 Å². The number of piperidine rings is 1. The van der Waals surface area contributed by atoms with Gasteiger partial charge >= 0.3 is 0 Å². The molecule has 1 aromatic rings. The van der Waals surface area contributed by atoms with E-state index in [1.165, 1.54) is 29.3 Å². The van der Waals surface area contributed by atoms with Gasteiger partial charge in [0.05, 0.1) is 4.90 Å². The van der Waals surface area contributed by atoms with Gasteiger partial charge in [-0.2, -0.15) is 4.31 Å². The SMILES string of the molecule is CC(C)N(C)S(=O)(=O)c1cccc(C(=O)NC2CC3CCC(C2)N3)c1.Cl. The van der Waals surface area contributed by atoms with Crippen molar-refractivity contribution in [2.24, 2.45) is 0 Å². The first-order valence-corrected chi connectivity index (χ1v) is 10.4. The van der Waals surface area contributed by atoms with E-state index in [4.69, 9.17) is 0 Å². The molecule has 0 saturated carbocycles. The van der Waals surface area contributed by atoms with Crippen LogP contribution in [0, 0.1) is 0 Å². The molecule has 2 fully saturated rings. The van der Waals surface area contributed by atoms with E-state index in [-0.39, 0.29) is 35.3 Å². The number of carbonyl (C=O) groups is 1. The number of sulfonamides is 1. The molecule has 0 radical (unpaired) electrons. The third kappa shape index (κ3) is 4.39. The first kappa shape index (κ1) is 21.2. The zero-order chi connectivity index (χ0) is 18.2. The summed E-state index contributed by atoms with van der Waals surface area (Å²) in [5.41, 5.74) is 0.393. The van der Waals surface area contributed by atoms with Gasteiger partial charge in [-0.1, -0.05) is 6.07 Å². The normalized spacial score (nSPS) is 25.2. The Morgan fingerprint density at radius 1 is 1.23 bits per heavy atom. The highest BCUT2D eigenvalue weighted by atomic mass is 35.5. The van der Waals surface area contributed by atoms with Gasteiger partial charge in [-0.3, -0.25) is 4.79 Å². The van der Waals surface area contributed by atoms with E-state index in [2.05, 4.69) is 10.6 Å². The second-order valence-corrected chi connectivity index (χ2v) is 9.42. The topological polar surface area (TPSA) is 78.5 Å². The summed E-state index contributed by atoms with van der Waals surface area (Å²) < 4.78 is 26.6. The standard InChI is InChI=1S/C18H27N3O3S.ClH/c1-12(2)21(3)25(23,24)17-6-4-5-13(9-17)18(22)20-16-10-14-7-8-15(11-16)19-14;/h4-6,9,12,14-16,19H,7-8,10-11H2,1-3H3,(H,20,22);1H. The highest BCUT2D eigenvalue weighted by molar-refractivity contribution is 7.89. The molecule has 2 aliphatic rings. The predicted octanol–water partition coefficient (Wildman–Crippen LogP) is 2.15. The van der Waals surface area contributed by atoms with E-state index in [1.54, 1.807) is 19.2 Å². The Labute approximate surface area is 162 Å². The minimum atomic E-state index is -3.59. The van der Waals surface area contributed by atoms with Crippen molar-refractivity contribution in [2.75, 3.05) is 7.05 Å². The zero-order valence-corrected chi connectivity index (χ0v) is 17.1. The number of halogens is 1. The highest BCUT2D eigenvalue weighted by Crippen LogP contribution is 2.27. The van der Waals surface area contributed by atoms with Crippen LogP contribution in [0.25, 0.3) is 0 Å². The van der Waals surface area contributed by atoms with E-state index in [0.717, 1.165) is 12.8 Å². The molecule has 2 aliphatic heterocycles. The average Bonchev–Trinajstić information content (AvgIpc) is 2.92. The molecule has 6 nitrogen and oxygen atoms in total. The summed E-state index contributed by atoms with van der Waals surface area (Å²) >= 11 is 0. The number of nitrogens with zero attached hydrogens (tertiary/aromatic N) is 1. The molecule has 0 spiro atoms. The van der Waals surface area contributed by atoms with Crippen LogP contribution in [-0.2, 0) is 10.0 Å². The molecule has 2 unspecified atom stereocenters. The van der Waals surface area contributed by atoms with Gasteiger partial charge in [0.15, 0.2) is 0 Å². The van der Waals surface area contributed by atoms with Crippen LogP contribution in [0.2, 0.25) is 0 Å². The molecule has 26 heavy (non-hydrogen) atoms. The fraction of sp³-hybridized carbons (Fsp3) is 0.611. The third-order valence-corrected chi connectivity index (χ3v) is 7.34. The second kappa shape index (κ2) is 8.25. The lowest BCUT2D eigenvalue weighted by molar-refractivity contribution is 0.0923. The van der Waals surface area contributed by atoms with Crippen LogP contribution in [0.5, 0.6) is 0 Å². The molecular weight excluding hydrogens is 374 g/mol. The van der Waals surface area contributed by atoms with Crippen LogP contribution in [0.15, 0.2) is 29.2 Å². The molecular formula is C18H28ClN3O3S. The summed E-state index contributed by atoms with van der Waals surface area (Å²) in [6, 6.07) is 7.31. The number of fused-ring (bicyclic) bond motifs is 2. The van der Waals surface area contributed by atoms with Gasteiger partial charge < -0.3 is 10.6 Å². The van der Waals surface area contributed by atoms with E-state index in [0.29, 0.717) is 17.6 Å². The summed E-state index contributed by atoms with van der Waals surface area (Å²) in [6.45, 7) is 3.64. The molecule has 8 heteroatoms. The number of rotatable bonds is 5. The maximum absolute atomic E-state index is 12.6. The predicted molar refractivity (Wildman–Crippen MR) is 104 cm³/mol. The van der Waals surface area contributed by atoms with E-state index in [9.17, 15) is 13.2 Å². The fourth-order valence-corrected chi connectivity index (χ4v) is 5.10. The van der Waals surface area contributed by atoms with Crippen molar-refractivity contribution < 1.29 is 13.2 Å². The number of carbonyl (C=O) groups excluding carboxylic acids is 1. The molecule has 2 bridgehead atoms. The van der Waals surface area contributed by atoms with Crippen LogP contribution in [0.4, 0.5) is 0 Å². The van der Waals surface area contributed by atoms with Gasteiger partial charge in [0, 0.05) is 36.8 Å². The number of hydrogen-bond acceptors (Lipinski definition) is 4. The minimum absolute atomic E-state index is 0. The minimum Gasteiger partial charge on any atom is -0.349 e. The zero-order valence-electron chi connectivity index (χ0n) is 15.4. The smallest absolute Gasteiger partial charge is 0.251 e. The van der Waals surface area contributed by atoms with Crippen molar-refractivity contribution in [3.8, 4) is 0 Å². The van der Waals surface area contributed by atoms with Crippen molar-refractivity contribution in [1.29, 1.82) is 0 Å². The molecule has 2 atom stereocenters. The van der Waals surface area contributed by atoms with Gasteiger partial charge in [-0.15, -0.1) is 12.4 Å². The molecule has 0 aliphatic carbocycles. The highest BCUT2D eigenvalue weighted by Gasteiger charge is 2.34. The second-order valence-electron chi connectivity index (χ2n) is 7.42. The fourth-order valence-electron chi connectivity index (χ4n) is 3.69. The van der Waals surface area contributed by atoms with Crippen molar-refractivity contribution >= 4 is 28.3 Å². The molecule has 1 amide bonds. The summed E-state index contributed by atoms with van der Waals surface area (Å²) in [6.07, 6.45) is 4.23. The quantitative estimate of drug-likeness (QED) is 0.792. The van der Waals surface area contributed by atoms with E-state index >= 15 is 0 Å². The lowest BCUT2D eigenvalue weighted by atomic mass is 9.99. The maximum Gasteiger partial charge on any atom is 0.251 e. The maximum atomic E-state index is 12.6. The van der Waals surface area contributed by atoms with Crippen LogP contribution in [0.1, 0.15) is 49.9 Å². The molecule has 2 heterocycles. The number of nitrogens with one attached hydrogen (secondary N) is 2. The van der Waals surface area contributed by atoms with Gasteiger partial charge in [0.1, 0.15) is 0 Å². The Morgan fingerprint density at radius 2 is 1.85 bits per heavy atom. The van der Waals surface area contributed by atoms with Gasteiger partial charge in [0.2, 0.25) is 10.0 Å². The number of amides is 1. The van der Waals surface area contributed by atoms with Crippen molar-refractivity contribution in [3.05, 3.63) is 29.8 Å². The van der Waals surface area contributed by atoms with Crippen molar-refractivity contribution in [1.82, 2.24) is 14.9 Å². The first-order valence-electron chi connectivity index (χ1n) is 8.92. The molecule has 3 rings (SSSR count). The summed E-state index contributed by atoms with van der Waals surface area (Å²) in [5, 5.41) is 6.63.